The smallest absolute Gasteiger partial charge is 0.325 e. The fraction of sp³-hybridized carbons (Fsp3) is 0.417. The molecule has 0 saturated carbocycles. The number of H-pyrrole nitrogens is 2. The van der Waals surface area contributed by atoms with Gasteiger partial charge in [-0.1, -0.05) is 6.92 Å². The van der Waals surface area contributed by atoms with Crippen molar-refractivity contribution in [1.82, 2.24) is 19.9 Å². The molecule has 2 aromatic heterocycles. The zero-order chi connectivity index (χ0) is 12.7. The highest BCUT2D eigenvalue weighted by Crippen LogP contribution is 2.22. The number of nitrogens with one attached hydrogen (secondary N) is 2. The van der Waals surface area contributed by atoms with Gasteiger partial charge in [-0.25, -0.2) is 9.78 Å². The van der Waals surface area contributed by atoms with Crippen molar-refractivity contribution in [2.24, 2.45) is 5.92 Å². The van der Waals surface area contributed by atoms with Gasteiger partial charge in [-0.3, -0.25) is 9.78 Å². The van der Waals surface area contributed by atoms with Crippen LogP contribution in [0.3, 0.4) is 0 Å². The number of carbonyl (C=O) groups is 1. The molecule has 2 aromatic rings. The van der Waals surface area contributed by atoms with Crippen LogP contribution in [0.2, 0.25) is 0 Å². The zero-order valence-corrected chi connectivity index (χ0v) is 10.1. The summed E-state index contributed by atoms with van der Waals surface area (Å²) >= 11 is 0. The van der Waals surface area contributed by atoms with Crippen molar-refractivity contribution in [3.05, 3.63) is 28.3 Å². The summed E-state index contributed by atoms with van der Waals surface area (Å²) in [7, 11) is 0. The largest absolute Gasteiger partial charge is 0.338 e. The molecular weight excluding hydrogens is 232 g/mol. The fourth-order valence-electron chi connectivity index (χ4n) is 2.28. The molecule has 0 unspecified atom stereocenters. The lowest BCUT2D eigenvalue weighted by molar-refractivity contribution is 0.0496. The first-order valence-corrected chi connectivity index (χ1v) is 6.05. The molecule has 94 valence electrons. The predicted molar refractivity (Wildman–Crippen MR) is 66.4 cm³/mol. The van der Waals surface area contributed by atoms with Crippen molar-refractivity contribution in [3.63, 3.8) is 0 Å². The molecule has 0 bridgehead atoms. The van der Waals surface area contributed by atoms with Crippen molar-refractivity contribution in [2.45, 2.75) is 13.3 Å². The Morgan fingerprint density at radius 3 is 3.00 bits per heavy atom. The lowest BCUT2D eigenvalue weighted by Gasteiger charge is -2.38. The topological polar surface area (TPSA) is 81.8 Å². The molecule has 0 atom stereocenters. The van der Waals surface area contributed by atoms with E-state index < -0.39 is 0 Å². The van der Waals surface area contributed by atoms with Crippen molar-refractivity contribution >= 4 is 17.1 Å². The molecule has 18 heavy (non-hydrogen) atoms. The molecule has 6 nitrogen and oxygen atoms in total. The summed E-state index contributed by atoms with van der Waals surface area (Å²) < 4.78 is 0. The van der Waals surface area contributed by atoms with E-state index in [0.29, 0.717) is 22.6 Å². The second-order valence-electron chi connectivity index (χ2n) is 4.65. The first-order valence-electron chi connectivity index (χ1n) is 6.05. The van der Waals surface area contributed by atoms with Crippen LogP contribution in [-0.4, -0.2) is 38.8 Å². The number of aromatic nitrogens is 3. The average molecular weight is 246 g/mol. The number of nitrogens with zero attached hydrogens (tertiary/aromatic N) is 2. The Morgan fingerprint density at radius 1 is 1.50 bits per heavy atom. The van der Waals surface area contributed by atoms with Gasteiger partial charge in [0.05, 0.1) is 11.1 Å². The Morgan fingerprint density at radius 2 is 2.28 bits per heavy atom. The highest BCUT2D eigenvalue weighted by atomic mass is 16.2. The van der Waals surface area contributed by atoms with Crippen LogP contribution in [0.25, 0.3) is 11.2 Å². The number of hydrogen-bond donors (Lipinski definition) is 2. The molecule has 0 radical (unpaired) electrons. The van der Waals surface area contributed by atoms with E-state index in [4.69, 9.17) is 0 Å². The van der Waals surface area contributed by atoms with Crippen LogP contribution in [0.5, 0.6) is 0 Å². The third kappa shape index (κ3) is 1.61. The van der Waals surface area contributed by atoms with Gasteiger partial charge in [0.25, 0.3) is 5.91 Å². The van der Waals surface area contributed by atoms with Gasteiger partial charge in [0, 0.05) is 19.3 Å². The maximum absolute atomic E-state index is 12.3. The highest BCUT2D eigenvalue weighted by Gasteiger charge is 2.30. The Bertz CT molecular complexity index is 651. The minimum atomic E-state index is -0.340. The standard InChI is InChI=1S/C12H14N4O2/c1-2-7-5-16(6-7)11(17)8-3-4-13-10-9(8)14-12(18)15-10/h3-4,7H,2,5-6H2,1H3,(H2,13,14,15,18). The summed E-state index contributed by atoms with van der Waals surface area (Å²) in [5.41, 5.74) is 1.09. The molecule has 1 aliphatic rings. The molecule has 2 N–H and O–H groups in total. The van der Waals surface area contributed by atoms with Crippen LogP contribution in [0, 0.1) is 5.92 Å². The van der Waals surface area contributed by atoms with Gasteiger partial charge in [-0.2, -0.15) is 0 Å². The maximum Gasteiger partial charge on any atom is 0.325 e. The van der Waals surface area contributed by atoms with E-state index in [1.807, 2.05) is 0 Å². The summed E-state index contributed by atoms with van der Waals surface area (Å²) in [4.78, 5) is 34.5. The number of rotatable bonds is 2. The van der Waals surface area contributed by atoms with E-state index in [2.05, 4.69) is 21.9 Å². The molecular formula is C12H14N4O2. The lowest BCUT2D eigenvalue weighted by Crippen LogP contribution is -2.49. The predicted octanol–water partition coefficient (Wildman–Crippen LogP) is 0.733. The summed E-state index contributed by atoms with van der Waals surface area (Å²) in [6.45, 7) is 3.72. The van der Waals surface area contributed by atoms with Crippen LogP contribution < -0.4 is 5.69 Å². The summed E-state index contributed by atoms with van der Waals surface area (Å²) in [5.74, 6) is 0.568. The van der Waals surface area contributed by atoms with Crippen LogP contribution in [0.4, 0.5) is 0 Å². The third-order valence-electron chi connectivity index (χ3n) is 3.47. The van der Waals surface area contributed by atoms with E-state index in [-0.39, 0.29) is 11.6 Å². The van der Waals surface area contributed by atoms with Crippen molar-refractivity contribution in [3.8, 4) is 0 Å². The number of imidazole rings is 1. The molecule has 1 aliphatic heterocycles. The number of fused-ring (bicyclic) bond motifs is 1. The monoisotopic (exact) mass is 246 g/mol. The van der Waals surface area contributed by atoms with Crippen LogP contribution in [0.15, 0.2) is 17.1 Å². The zero-order valence-electron chi connectivity index (χ0n) is 10.1. The summed E-state index contributed by atoms with van der Waals surface area (Å²) in [5, 5.41) is 0. The molecule has 6 heteroatoms. The fourth-order valence-corrected chi connectivity index (χ4v) is 2.28. The van der Waals surface area contributed by atoms with Crippen LogP contribution in [-0.2, 0) is 0 Å². The van der Waals surface area contributed by atoms with Gasteiger partial charge < -0.3 is 9.88 Å². The summed E-state index contributed by atoms with van der Waals surface area (Å²) in [6.07, 6.45) is 2.63. The normalized spacial score (nSPS) is 15.9. The highest BCUT2D eigenvalue weighted by molar-refractivity contribution is 6.04. The lowest BCUT2D eigenvalue weighted by atomic mass is 9.96. The quantitative estimate of drug-likeness (QED) is 0.819. The van der Waals surface area contributed by atoms with Crippen LogP contribution >= 0.6 is 0 Å². The van der Waals surface area contributed by atoms with Gasteiger partial charge in [0.15, 0.2) is 5.65 Å². The number of likely N-dealkylation sites (tertiary alicyclic amines) is 1. The molecule has 0 spiro atoms. The van der Waals surface area contributed by atoms with Crippen molar-refractivity contribution in [2.75, 3.05) is 13.1 Å². The van der Waals surface area contributed by atoms with E-state index in [1.165, 1.54) is 6.20 Å². The van der Waals surface area contributed by atoms with Crippen molar-refractivity contribution < 1.29 is 4.79 Å². The molecule has 1 fully saturated rings. The number of amides is 1. The number of carbonyl (C=O) groups excluding carboxylic acids is 1. The molecule has 1 saturated heterocycles. The van der Waals surface area contributed by atoms with E-state index in [0.717, 1.165) is 19.5 Å². The maximum atomic E-state index is 12.3. The number of aromatic amines is 2. The third-order valence-corrected chi connectivity index (χ3v) is 3.47. The minimum absolute atomic E-state index is 0.0395. The van der Waals surface area contributed by atoms with Gasteiger partial charge >= 0.3 is 5.69 Å². The second kappa shape index (κ2) is 3.97. The van der Waals surface area contributed by atoms with Gasteiger partial charge in [0.1, 0.15) is 0 Å². The molecule has 3 rings (SSSR count). The van der Waals surface area contributed by atoms with Crippen LogP contribution in [0.1, 0.15) is 23.7 Å². The van der Waals surface area contributed by atoms with E-state index in [1.54, 1.807) is 11.0 Å². The van der Waals surface area contributed by atoms with E-state index in [9.17, 15) is 9.59 Å². The summed E-state index contributed by atoms with van der Waals surface area (Å²) in [6, 6.07) is 1.65. The van der Waals surface area contributed by atoms with Crippen molar-refractivity contribution in [1.29, 1.82) is 0 Å². The molecule has 0 aromatic carbocycles. The number of hydrogen-bond acceptors (Lipinski definition) is 3. The first-order chi connectivity index (χ1) is 8.69. The molecule has 3 heterocycles. The Kier molecular flexibility index (Phi) is 2.43. The molecule has 0 aliphatic carbocycles. The van der Waals surface area contributed by atoms with Gasteiger partial charge in [-0.15, -0.1) is 0 Å². The first kappa shape index (κ1) is 11.0. The Labute approximate surface area is 103 Å². The van der Waals surface area contributed by atoms with Gasteiger partial charge in [0.2, 0.25) is 0 Å². The average Bonchev–Trinajstić information content (AvgIpc) is 2.67. The van der Waals surface area contributed by atoms with Gasteiger partial charge in [-0.05, 0) is 18.4 Å². The Hall–Kier alpha value is -2.11. The number of pyridine rings is 1. The SMILES string of the molecule is CCC1CN(C(=O)c2ccnc3[nH]c(=O)[nH]c23)C1. The van der Waals surface area contributed by atoms with E-state index >= 15 is 0 Å². The second-order valence-corrected chi connectivity index (χ2v) is 4.65. The molecule has 1 amide bonds. The Balaban J connectivity index is 1.95. The minimum Gasteiger partial charge on any atom is -0.338 e.